The van der Waals surface area contributed by atoms with Gasteiger partial charge in [0.25, 0.3) is 5.91 Å². The summed E-state index contributed by atoms with van der Waals surface area (Å²) in [5.74, 6) is 1.91. The van der Waals surface area contributed by atoms with Crippen LogP contribution in [0.3, 0.4) is 0 Å². The molecule has 1 saturated heterocycles. The van der Waals surface area contributed by atoms with Crippen LogP contribution in [-0.4, -0.2) is 34.9 Å². The van der Waals surface area contributed by atoms with Crippen LogP contribution in [0.4, 0.5) is 5.82 Å². The molecule has 4 heteroatoms. The van der Waals surface area contributed by atoms with Gasteiger partial charge in [-0.3, -0.25) is 4.79 Å². The first-order valence-electron chi connectivity index (χ1n) is 11.4. The second-order valence-corrected chi connectivity index (χ2v) is 10.0. The fourth-order valence-corrected chi connectivity index (χ4v) is 4.95. The van der Waals surface area contributed by atoms with E-state index in [1.54, 1.807) is 0 Å². The van der Waals surface area contributed by atoms with Gasteiger partial charge in [0.1, 0.15) is 5.82 Å². The third kappa shape index (κ3) is 4.73. The molecular weight excluding hydrogens is 358 g/mol. The minimum Gasteiger partial charge on any atom is -0.367 e. The number of hydrogen-bond donors (Lipinski definition) is 1. The summed E-state index contributed by atoms with van der Waals surface area (Å²) in [7, 11) is 0. The summed E-state index contributed by atoms with van der Waals surface area (Å²) in [6.07, 6.45) is 10.4. The Bertz CT molecular complexity index is 856. The smallest absolute Gasteiger partial charge is 0.253 e. The van der Waals surface area contributed by atoms with Gasteiger partial charge >= 0.3 is 0 Å². The van der Waals surface area contributed by atoms with Crippen molar-refractivity contribution < 1.29 is 4.79 Å². The second kappa shape index (κ2) is 8.33. The minimum absolute atomic E-state index is 0.165. The zero-order chi connectivity index (χ0) is 20.4. The van der Waals surface area contributed by atoms with Crippen molar-refractivity contribution in [2.24, 2.45) is 11.3 Å². The quantitative estimate of drug-likeness (QED) is 0.708. The Labute approximate surface area is 175 Å². The van der Waals surface area contributed by atoms with E-state index in [-0.39, 0.29) is 5.91 Å². The van der Waals surface area contributed by atoms with Crippen LogP contribution in [0.5, 0.6) is 0 Å². The Kier molecular flexibility index (Phi) is 5.80. The molecule has 1 aliphatic carbocycles. The van der Waals surface area contributed by atoms with E-state index >= 15 is 0 Å². The minimum atomic E-state index is 0.165. The normalized spacial score (nSPS) is 23.2. The van der Waals surface area contributed by atoms with Gasteiger partial charge in [-0.2, -0.15) is 0 Å². The molecule has 0 atom stereocenters. The van der Waals surface area contributed by atoms with Crippen molar-refractivity contribution in [3.8, 4) is 0 Å². The maximum atomic E-state index is 12.9. The predicted octanol–water partition coefficient (Wildman–Crippen LogP) is 5.88. The number of benzene rings is 1. The number of anilines is 1. The van der Waals surface area contributed by atoms with Gasteiger partial charge in [0, 0.05) is 36.3 Å². The largest absolute Gasteiger partial charge is 0.367 e. The van der Waals surface area contributed by atoms with Crippen molar-refractivity contribution in [3.05, 3.63) is 36.0 Å². The molecule has 1 N–H and O–H groups in total. The average molecular weight is 394 g/mol. The molecule has 0 radical (unpaired) electrons. The van der Waals surface area contributed by atoms with Crippen LogP contribution in [0.15, 0.2) is 30.5 Å². The van der Waals surface area contributed by atoms with Crippen LogP contribution < -0.4 is 5.32 Å². The lowest BCUT2D eigenvalue weighted by Gasteiger charge is -2.37. The Balaban J connectivity index is 1.45. The first-order valence-corrected chi connectivity index (χ1v) is 11.4. The lowest BCUT2D eigenvalue weighted by atomic mass is 9.71. The summed E-state index contributed by atoms with van der Waals surface area (Å²) in [5.41, 5.74) is 1.20. The first kappa shape index (κ1) is 20.2. The third-order valence-electron chi connectivity index (χ3n) is 6.92. The van der Waals surface area contributed by atoms with Crippen LogP contribution in [0.2, 0.25) is 0 Å². The summed E-state index contributed by atoms with van der Waals surface area (Å²) in [6.45, 7) is 8.85. The molecule has 1 aromatic heterocycles. The average Bonchev–Trinajstić information content (AvgIpc) is 2.73. The van der Waals surface area contributed by atoms with Crippen molar-refractivity contribution in [1.29, 1.82) is 0 Å². The Morgan fingerprint density at radius 2 is 1.72 bits per heavy atom. The van der Waals surface area contributed by atoms with Crippen LogP contribution in [-0.2, 0) is 0 Å². The third-order valence-corrected chi connectivity index (χ3v) is 6.92. The van der Waals surface area contributed by atoms with Crippen molar-refractivity contribution in [2.45, 2.75) is 71.8 Å². The summed E-state index contributed by atoms with van der Waals surface area (Å²) in [4.78, 5) is 19.5. The van der Waals surface area contributed by atoms with Crippen LogP contribution in [0.25, 0.3) is 10.8 Å². The highest BCUT2D eigenvalue weighted by atomic mass is 16.2. The number of fused-ring (bicyclic) bond motifs is 1. The number of pyridine rings is 1. The molecule has 2 aliphatic rings. The number of aromatic nitrogens is 1. The molecule has 2 aromatic rings. The number of carbonyl (C=O) groups is 1. The standard InChI is InChI=1S/C25H35N3O/c1-25(2,3)21-9-11-22(12-10-21)27-23-16-20-15-18(7-8-19(20)17-26-23)24(29)28-13-5-4-6-14-28/h7-8,15-17,21-22H,4-6,9-14H2,1-3H3,(H,26,27)/t21-,22-. The monoisotopic (exact) mass is 393 g/mol. The predicted molar refractivity (Wildman–Crippen MR) is 120 cm³/mol. The molecule has 1 saturated carbocycles. The Morgan fingerprint density at radius 3 is 2.41 bits per heavy atom. The van der Waals surface area contributed by atoms with Gasteiger partial charge in [0.2, 0.25) is 0 Å². The van der Waals surface area contributed by atoms with Gasteiger partial charge in [-0.25, -0.2) is 4.98 Å². The summed E-state index contributed by atoms with van der Waals surface area (Å²) in [5, 5.41) is 5.83. The van der Waals surface area contributed by atoms with E-state index < -0.39 is 0 Å². The maximum Gasteiger partial charge on any atom is 0.253 e. The van der Waals surface area contributed by atoms with E-state index in [1.807, 2.05) is 29.3 Å². The maximum absolute atomic E-state index is 12.9. The number of nitrogens with one attached hydrogen (secondary N) is 1. The van der Waals surface area contributed by atoms with Crippen LogP contribution in [0.1, 0.15) is 76.1 Å². The van der Waals surface area contributed by atoms with Gasteiger partial charge in [-0.15, -0.1) is 0 Å². The molecule has 0 spiro atoms. The molecule has 2 heterocycles. The number of amides is 1. The molecule has 0 unspecified atom stereocenters. The van der Waals surface area contributed by atoms with E-state index in [1.165, 1.54) is 32.1 Å². The number of nitrogens with zero attached hydrogens (tertiary/aromatic N) is 2. The summed E-state index contributed by atoms with van der Waals surface area (Å²) in [6, 6.07) is 8.62. The topological polar surface area (TPSA) is 45.2 Å². The molecular formula is C25H35N3O. The Morgan fingerprint density at radius 1 is 1.00 bits per heavy atom. The van der Waals surface area contributed by atoms with Crippen molar-refractivity contribution in [3.63, 3.8) is 0 Å². The molecule has 0 bridgehead atoms. The number of hydrogen-bond acceptors (Lipinski definition) is 3. The molecule has 4 nitrogen and oxygen atoms in total. The highest BCUT2D eigenvalue weighted by Crippen LogP contribution is 2.38. The van der Waals surface area contributed by atoms with Crippen molar-refractivity contribution in [1.82, 2.24) is 9.88 Å². The summed E-state index contributed by atoms with van der Waals surface area (Å²) < 4.78 is 0. The number of carbonyl (C=O) groups excluding carboxylic acids is 1. The van der Waals surface area contributed by atoms with E-state index in [0.29, 0.717) is 11.5 Å². The van der Waals surface area contributed by atoms with Crippen molar-refractivity contribution >= 4 is 22.5 Å². The Hall–Kier alpha value is -2.10. The lowest BCUT2D eigenvalue weighted by molar-refractivity contribution is 0.0724. The highest BCUT2D eigenvalue weighted by molar-refractivity contribution is 5.98. The van der Waals surface area contributed by atoms with Gasteiger partial charge in [0.05, 0.1) is 0 Å². The summed E-state index contributed by atoms with van der Waals surface area (Å²) >= 11 is 0. The SMILES string of the molecule is CC(C)(C)[C@H]1CC[C@H](Nc2cc3cc(C(=O)N4CCCCC4)ccc3cn2)CC1. The molecule has 2 fully saturated rings. The molecule has 1 amide bonds. The first-order chi connectivity index (χ1) is 13.9. The number of piperidine rings is 1. The van der Waals surface area contributed by atoms with Gasteiger partial charge in [-0.1, -0.05) is 26.8 Å². The highest BCUT2D eigenvalue weighted by Gasteiger charge is 2.29. The van der Waals surface area contributed by atoms with Gasteiger partial charge in [-0.05, 0) is 79.9 Å². The van der Waals surface area contributed by atoms with E-state index in [4.69, 9.17) is 0 Å². The van der Waals surface area contributed by atoms with E-state index in [0.717, 1.165) is 54.0 Å². The van der Waals surface area contributed by atoms with E-state index in [2.05, 4.69) is 37.1 Å². The van der Waals surface area contributed by atoms with Crippen molar-refractivity contribution in [2.75, 3.05) is 18.4 Å². The molecule has 1 aromatic carbocycles. The second-order valence-electron chi connectivity index (χ2n) is 10.0. The van der Waals surface area contributed by atoms with Gasteiger partial charge in [0.15, 0.2) is 0 Å². The lowest BCUT2D eigenvalue weighted by Crippen LogP contribution is -2.35. The zero-order valence-corrected chi connectivity index (χ0v) is 18.2. The molecule has 29 heavy (non-hydrogen) atoms. The van der Waals surface area contributed by atoms with Crippen LogP contribution in [0, 0.1) is 11.3 Å². The van der Waals surface area contributed by atoms with E-state index in [9.17, 15) is 4.79 Å². The fourth-order valence-electron chi connectivity index (χ4n) is 4.95. The van der Waals surface area contributed by atoms with Gasteiger partial charge < -0.3 is 10.2 Å². The van der Waals surface area contributed by atoms with Crippen LogP contribution >= 0.6 is 0 Å². The molecule has 156 valence electrons. The zero-order valence-electron chi connectivity index (χ0n) is 18.2. The number of rotatable bonds is 3. The number of likely N-dealkylation sites (tertiary alicyclic amines) is 1. The fraction of sp³-hybridized carbons (Fsp3) is 0.600. The molecule has 1 aliphatic heterocycles. The molecule has 4 rings (SSSR count).